The van der Waals surface area contributed by atoms with E-state index in [0.717, 1.165) is 24.7 Å². The summed E-state index contributed by atoms with van der Waals surface area (Å²) in [6.45, 7) is 2.52. The molecule has 0 saturated carbocycles. The number of anilines is 1. The number of pyridine rings is 1. The van der Waals surface area contributed by atoms with E-state index in [0.29, 0.717) is 18.8 Å². The van der Waals surface area contributed by atoms with Crippen LogP contribution in [0, 0.1) is 5.82 Å². The highest BCUT2D eigenvalue weighted by atomic mass is 19.1. The lowest BCUT2D eigenvalue weighted by molar-refractivity contribution is -0.114. The van der Waals surface area contributed by atoms with Crippen LogP contribution in [0.3, 0.4) is 0 Å². The van der Waals surface area contributed by atoms with Gasteiger partial charge < -0.3 is 10.2 Å². The molecule has 8 heteroatoms. The zero-order chi connectivity index (χ0) is 17.1. The molecular weight excluding hydrogens is 313 g/mol. The molecule has 2 aromatic heterocycles. The number of likely N-dealkylation sites (tertiary alicyclic amines) is 1. The first kappa shape index (κ1) is 16.1. The summed E-state index contributed by atoms with van der Waals surface area (Å²) in [6.07, 6.45) is 5.69. The van der Waals surface area contributed by atoms with Gasteiger partial charge in [-0.3, -0.25) is 19.7 Å². The van der Waals surface area contributed by atoms with Gasteiger partial charge >= 0.3 is 0 Å². The fourth-order valence-corrected chi connectivity index (χ4v) is 3.01. The minimum atomic E-state index is -0.532. The van der Waals surface area contributed by atoms with Crippen molar-refractivity contribution in [3.8, 4) is 0 Å². The summed E-state index contributed by atoms with van der Waals surface area (Å²) in [5.74, 6) is -0.913. The number of H-pyrrole nitrogens is 1. The Morgan fingerprint density at radius 1 is 1.38 bits per heavy atom. The fourth-order valence-electron chi connectivity index (χ4n) is 3.01. The summed E-state index contributed by atoms with van der Waals surface area (Å²) < 4.78 is 13.3. The number of nitrogens with zero attached hydrogens (tertiary/aromatic N) is 3. The monoisotopic (exact) mass is 331 g/mol. The highest BCUT2D eigenvalue weighted by Gasteiger charge is 2.28. The van der Waals surface area contributed by atoms with Gasteiger partial charge in [0, 0.05) is 32.1 Å². The zero-order valence-corrected chi connectivity index (χ0v) is 13.3. The molecule has 1 unspecified atom stereocenters. The number of piperidine rings is 1. The van der Waals surface area contributed by atoms with Crippen molar-refractivity contribution in [2.45, 2.75) is 25.7 Å². The van der Waals surface area contributed by atoms with Crippen molar-refractivity contribution in [2.75, 3.05) is 18.4 Å². The summed E-state index contributed by atoms with van der Waals surface area (Å²) in [6, 6.07) is 1.19. The van der Waals surface area contributed by atoms with Crippen LogP contribution < -0.4 is 5.32 Å². The summed E-state index contributed by atoms with van der Waals surface area (Å²) in [7, 11) is 0. The number of carbonyl (C=O) groups excluding carboxylic acids is 2. The Bertz CT molecular complexity index is 760. The molecule has 2 N–H and O–H groups in total. The molecule has 0 radical (unpaired) electrons. The quantitative estimate of drug-likeness (QED) is 0.899. The highest BCUT2D eigenvalue weighted by molar-refractivity contribution is 5.94. The van der Waals surface area contributed by atoms with Crippen LogP contribution in [-0.4, -0.2) is 45.0 Å². The Kier molecular flexibility index (Phi) is 4.54. The van der Waals surface area contributed by atoms with Gasteiger partial charge in [0.15, 0.2) is 0 Å². The molecule has 0 bridgehead atoms. The Morgan fingerprint density at radius 2 is 2.21 bits per heavy atom. The third-order valence-corrected chi connectivity index (χ3v) is 4.05. The molecule has 0 aromatic carbocycles. The molecule has 126 valence electrons. The molecule has 3 rings (SSSR count). The minimum absolute atomic E-state index is 0.0357. The second-order valence-electron chi connectivity index (χ2n) is 5.86. The van der Waals surface area contributed by atoms with E-state index < -0.39 is 5.82 Å². The van der Waals surface area contributed by atoms with Crippen LogP contribution in [0.2, 0.25) is 0 Å². The first-order chi connectivity index (χ1) is 11.5. The second kappa shape index (κ2) is 6.77. The molecule has 2 aromatic rings. The van der Waals surface area contributed by atoms with E-state index in [9.17, 15) is 14.0 Å². The molecule has 1 atom stereocenters. The topological polar surface area (TPSA) is 91.0 Å². The number of rotatable bonds is 3. The summed E-state index contributed by atoms with van der Waals surface area (Å²) in [5.41, 5.74) is 1.68. The van der Waals surface area contributed by atoms with Crippen molar-refractivity contribution in [3.05, 3.63) is 41.7 Å². The van der Waals surface area contributed by atoms with Crippen LogP contribution in [0.15, 0.2) is 24.7 Å². The van der Waals surface area contributed by atoms with E-state index in [1.807, 2.05) is 0 Å². The van der Waals surface area contributed by atoms with Crippen molar-refractivity contribution in [3.63, 3.8) is 0 Å². The zero-order valence-electron chi connectivity index (χ0n) is 13.3. The minimum Gasteiger partial charge on any atom is -0.338 e. The number of halogens is 1. The smallest absolute Gasteiger partial charge is 0.255 e. The molecule has 1 aliphatic heterocycles. The van der Waals surface area contributed by atoms with Crippen molar-refractivity contribution < 1.29 is 14.0 Å². The van der Waals surface area contributed by atoms with Gasteiger partial charge in [-0.1, -0.05) is 0 Å². The average Bonchev–Trinajstić information content (AvgIpc) is 3.01. The number of aromatic nitrogens is 3. The fraction of sp³-hybridized carbons (Fsp3) is 0.375. The van der Waals surface area contributed by atoms with Crippen molar-refractivity contribution in [1.82, 2.24) is 20.1 Å². The molecule has 7 nitrogen and oxygen atoms in total. The lowest BCUT2D eigenvalue weighted by atomic mass is 9.93. The third kappa shape index (κ3) is 3.42. The number of aromatic amines is 1. The van der Waals surface area contributed by atoms with E-state index >= 15 is 0 Å². The molecule has 3 heterocycles. The number of hydrogen-bond acceptors (Lipinski definition) is 4. The Labute approximate surface area is 138 Å². The van der Waals surface area contributed by atoms with Crippen LogP contribution in [0.5, 0.6) is 0 Å². The van der Waals surface area contributed by atoms with E-state index in [1.54, 1.807) is 11.1 Å². The molecular formula is C16H18FN5O2. The largest absolute Gasteiger partial charge is 0.338 e. The lowest BCUT2D eigenvalue weighted by Crippen LogP contribution is -2.39. The van der Waals surface area contributed by atoms with Crippen molar-refractivity contribution >= 4 is 17.5 Å². The number of amides is 2. The van der Waals surface area contributed by atoms with Gasteiger partial charge in [0.25, 0.3) is 5.91 Å². The van der Waals surface area contributed by atoms with Gasteiger partial charge in [-0.25, -0.2) is 4.39 Å². The van der Waals surface area contributed by atoms with Crippen LogP contribution in [0.25, 0.3) is 0 Å². The van der Waals surface area contributed by atoms with Gasteiger partial charge in [0.05, 0.1) is 29.3 Å². The molecule has 1 saturated heterocycles. The van der Waals surface area contributed by atoms with Crippen molar-refractivity contribution in [2.24, 2.45) is 0 Å². The summed E-state index contributed by atoms with van der Waals surface area (Å²) in [4.78, 5) is 29.2. The predicted octanol–water partition coefficient (Wildman–Crippen LogP) is 1.92. The van der Waals surface area contributed by atoms with Gasteiger partial charge in [-0.15, -0.1) is 0 Å². The van der Waals surface area contributed by atoms with E-state index in [1.165, 1.54) is 19.2 Å². The average molecular weight is 331 g/mol. The van der Waals surface area contributed by atoms with Crippen molar-refractivity contribution in [1.29, 1.82) is 0 Å². The first-order valence-corrected chi connectivity index (χ1v) is 7.75. The van der Waals surface area contributed by atoms with Crippen LogP contribution in [-0.2, 0) is 4.79 Å². The number of nitrogens with one attached hydrogen (secondary N) is 2. The van der Waals surface area contributed by atoms with E-state index in [4.69, 9.17) is 0 Å². The SMILES string of the molecule is CC(=O)Nc1cn[nH]c1C1CCCN(C(=O)c2cncc(F)c2)C1. The number of carbonyl (C=O) groups is 2. The maximum Gasteiger partial charge on any atom is 0.255 e. The van der Waals surface area contributed by atoms with Crippen LogP contribution in [0.4, 0.5) is 10.1 Å². The summed E-state index contributed by atoms with van der Waals surface area (Å²) >= 11 is 0. The van der Waals surface area contributed by atoms with E-state index in [-0.39, 0.29) is 23.3 Å². The predicted molar refractivity (Wildman–Crippen MR) is 85.0 cm³/mol. The molecule has 1 aliphatic rings. The Morgan fingerprint density at radius 3 is 2.96 bits per heavy atom. The Balaban J connectivity index is 1.76. The second-order valence-corrected chi connectivity index (χ2v) is 5.86. The normalized spacial score (nSPS) is 17.6. The Hall–Kier alpha value is -2.77. The molecule has 0 spiro atoms. The van der Waals surface area contributed by atoms with Gasteiger partial charge in [-0.05, 0) is 18.9 Å². The standard InChI is InChI=1S/C16H18FN5O2/c1-10(23)20-14-8-19-21-15(14)11-3-2-4-22(9-11)16(24)12-5-13(17)7-18-6-12/h5-8,11H,2-4,9H2,1H3,(H,19,21)(H,20,23). The lowest BCUT2D eigenvalue weighted by Gasteiger charge is -2.32. The van der Waals surface area contributed by atoms with Gasteiger partial charge in [-0.2, -0.15) is 5.10 Å². The maximum atomic E-state index is 13.3. The van der Waals surface area contributed by atoms with Crippen LogP contribution >= 0.6 is 0 Å². The summed E-state index contributed by atoms with van der Waals surface area (Å²) in [5, 5.41) is 9.64. The molecule has 0 aliphatic carbocycles. The number of hydrogen-bond donors (Lipinski definition) is 2. The molecule has 1 fully saturated rings. The molecule has 24 heavy (non-hydrogen) atoms. The van der Waals surface area contributed by atoms with Gasteiger partial charge in [0.2, 0.25) is 5.91 Å². The maximum absolute atomic E-state index is 13.3. The van der Waals surface area contributed by atoms with Crippen LogP contribution in [0.1, 0.15) is 41.7 Å². The molecule has 2 amide bonds. The van der Waals surface area contributed by atoms with Gasteiger partial charge in [0.1, 0.15) is 5.82 Å². The highest BCUT2D eigenvalue weighted by Crippen LogP contribution is 2.30. The third-order valence-electron chi connectivity index (χ3n) is 4.05. The van der Waals surface area contributed by atoms with E-state index in [2.05, 4.69) is 20.5 Å². The first-order valence-electron chi connectivity index (χ1n) is 7.75.